The Bertz CT molecular complexity index is 716. The molecule has 0 aliphatic carbocycles. The summed E-state index contributed by atoms with van der Waals surface area (Å²) in [5.41, 5.74) is 2.38. The van der Waals surface area contributed by atoms with Crippen molar-refractivity contribution in [2.45, 2.75) is 40.0 Å². The number of esters is 1. The molecule has 0 fully saturated rings. The van der Waals surface area contributed by atoms with Crippen LogP contribution in [0.5, 0.6) is 0 Å². The Hall–Kier alpha value is -2.10. The maximum atomic E-state index is 12.5. The van der Waals surface area contributed by atoms with Crippen molar-refractivity contribution >= 4 is 16.9 Å². The highest BCUT2D eigenvalue weighted by Gasteiger charge is 2.15. The van der Waals surface area contributed by atoms with Crippen LogP contribution in [0.15, 0.2) is 23.0 Å². The van der Waals surface area contributed by atoms with E-state index in [1.54, 1.807) is 13.8 Å². The number of pyridine rings is 1. The second-order valence-electron chi connectivity index (χ2n) is 5.16. The first-order valence-electron chi connectivity index (χ1n) is 7.41. The molecule has 0 bridgehead atoms. The number of hydrogen-bond donors (Lipinski definition) is 1. The van der Waals surface area contributed by atoms with Gasteiger partial charge in [0, 0.05) is 16.5 Å². The minimum Gasteiger partial charge on any atom is -0.461 e. The number of unbranched alkanes of at least 4 members (excludes halogenated alkanes) is 1. The van der Waals surface area contributed by atoms with Crippen LogP contribution >= 0.6 is 0 Å². The van der Waals surface area contributed by atoms with Crippen LogP contribution < -0.4 is 5.43 Å². The highest BCUT2D eigenvalue weighted by molar-refractivity contribution is 5.92. The van der Waals surface area contributed by atoms with E-state index in [0.717, 1.165) is 24.8 Å². The maximum absolute atomic E-state index is 12.5. The lowest BCUT2D eigenvalue weighted by molar-refractivity contribution is 0.0519. The van der Waals surface area contributed by atoms with E-state index in [4.69, 9.17) is 4.74 Å². The number of carbonyl (C=O) groups is 1. The SMILES string of the molecule is CCCCc1ccc2[nH]c(C(=O)OCC)c(C)c(=O)c2c1. The van der Waals surface area contributed by atoms with Gasteiger partial charge in [0.2, 0.25) is 0 Å². The van der Waals surface area contributed by atoms with E-state index in [2.05, 4.69) is 11.9 Å². The third-order valence-electron chi connectivity index (χ3n) is 3.60. The van der Waals surface area contributed by atoms with Gasteiger partial charge in [-0.25, -0.2) is 4.79 Å². The molecule has 0 aliphatic heterocycles. The molecule has 0 unspecified atom stereocenters. The first kappa shape index (κ1) is 15.3. The number of aromatic amines is 1. The standard InChI is InChI=1S/C17H21NO3/c1-4-6-7-12-8-9-14-13(10-12)16(19)11(3)15(18-14)17(20)21-5-2/h8-10H,4-7H2,1-3H3,(H,18,19). The Morgan fingerprint density at radius 2 is 2.05 bits per heavy atom. The van der Waals surface area contributed by atoms with Crippen LogP contribution in [0.3, 0.4) is 0 Å². The molecule has 0 radical (unpaired) electrons. The second kappa shape index (κ2) is 6.57. The summed E-state index contributed by atoms with van der Waals surface area (Å²) in [4.78, 5) is 27.4. The van der Waals surface area contributed by atoms with Gasteiger partial charge in [-0.15, -0.1) is 0 Å². The molecule has 1 aromatic heterocycles. The van der Waals surface area contributed by atoms with Gasteiger partial charge >= 0.3 is 5.97 Å². The second-order valence-corrected chi connectivity index (χ2v) is 5.16. The van der Waals surface area contributed by atoms with Crippen molar-refractivity contribution in [1.82, 2.24) is 4.98 Å². The number of carbonyl (C=O) groups excluding carboxylic acids is 1. The van der Waals surface area contributed by atoms with E-state index < -0.39 is 5.97 Å². The number of fused-ring (bicyclic) bond motifs is 1. The van der Waals surface area contributed by atoms with Gasteiger partial charge in [-0.05, 0) is 44.4 Å². The number of hydrogen-bond acceptors (Lipinski definition) is 3. The van der Waals surface area contributed by atoms with Gasteiger partial charge in [0.05, 0.1) is 6.61 Å². The molecule has 2 aromatic rings. The van der Waals surface area contributed by atoms with E-state index in [9.17, 15) is 9.59 Å². The molecule has 0 saturated carbocycles. The molecule has 2 rings (SSSR count). The highest BCUT2D eigenvalue weighted by atomic mass is 16.5. The third-order valence-corrected chi connectivity index (χ3v) is 3.60. The molecule has 0 spiro atoms. The van der Waals surface area contributed by atoms with Crippen molar-refractivity contribution in [2.75, 3.05) is 6.61 Å². The lowest BCUT2D eigenvalue weighted by Crippen LogP contribution is -2.17. The summed E-state index contributed by atoms with van der Waals surface area (Å²) >= 11 is 0. The summed E-state index contributed by atoms with van der Waals surface area (Å²) in [5.74, 6) is -0.482. The highest BCUT2D eigenvalue weighted by Crippen LogP contribution is 2.16. The van der Waals surface area contributed by atoms with Gasteiger partial charge in [-0.1, -0.05) is 19.4 Å². The summed E-state index contributed by atoms with van der Waals surface area (Å²) < 4.78 is 4.98. The monoisotopic (exact) mass is 287 g/mol. The topological polar surface area (TPSA) is 59.2 Å². The molecule has 1 N–H and O–H groups in total. The molecule has 1 aromatic carbocycles. The quantitative estimate of drug-likeness (QED) is 0.858. The van der Waals surface area contributed by atoms with Crippen LogP contribution in [0.2, 0.25) is 0 Å². The van der Waals surface area contributed by atoms with Crippen LogP contribution in [0.4, 0.5) is 0 Å². The zero-order valence-corrected chi connectivity index (χ0v) is 12.8. The Kier molecular flexibility index (Phi) is 4.78. The minimum absolute atomic E-state index is 0.106. The van der Waals surface area contributed by atoms with Crippen molar-refractivity contribution in [3.63, 3.8) is 0 Å². The molecule has 0 saturated heterocycles. The first-order chi connectivity index (χ1) is 10.1. The van der Waals surface area contributed by atoms with Crippen LogP contribution in [0.1, 0.15) is 48.3 Å². The van der Waals surface area contributed by atoms with Crippen LogP contribution in [-0.2, 0) is 11.2 Å². The number of H-pyrrole nitrogens is 1. The summed E-state index contributed by atoms with van der Waals surface area (Å²) in [5, 5.41) is 0.633. The van der Waals surface area contributed by atoms with Gasteiger partial charge < -0.3 is 9.72 Å². The number of benzene rings is 1. The number of ether oxygens (including phenoxy) is 1. The largest absolute Gasteiger partial charge is 0.461 e. The average molecular weight is 287 g/mol. The zero-order chi connectivity index (χ0) is 15.4. The van der Waals surface area contributed by atoms with Crippen molar-refractivity contribution in [3.8, 4) is 0 Å². The Morgan fingerprint density at radius 3 is 2.71 bits per heavy atom. The Morgan fingerprint density at radius 1 is 1.29 bits per heavy atom. The number of aromatic nitrogens is 1. The number of aryl methyl sites for hydroxylation is 1. The normalized spacial score (nSPS) is 10.8. The van der Waals surface area contributed by atoms with Crippen molar-refractivity contribution < 1.29 is 9.53 Å². The Labute approximate surface area is 124 Å². The van der Waals surface area contributed by atoms with E-state index in [0.29, 0.717) is 16.5 Å². The summed E-state index contributed by atoms with van der Waals surface area (Å²) in [6, 6.07) is 5.79. The maximum Gasteiger partial charge on any atom is 0.355 e. The van der Waals surface area contributed by atoms with Crippen molar-refractivity contribution in [1.29, 1.82) is 0 Å². The van der Waals surface area contributed by atoms with Gasteiger partial charge in [-0.3, -0.25) is 4.79 Å². The average Bonchev–Trinajstić information content (AvgIpc) is 2.49. The minimum atomic E-state index is -0.482. The van der Waals surface area contributed by atoms with E-state index in [1.807, 2.05) is 18.2 Å². The molecule has 112 valence electrons. The van der Waals surface area contributed by atoms with Crippen LogP contribution in [0, 0.1) is 6.92 Å². The van der Waals surface area contributed by atoms with Gasteiger partial charge in [-0.2, -0.15) is 0 Å². The molecular weight excluding hydrogens is 266 g/mol. The fraction of sp³-hybridized carbons (Fsp3) is 0.412. The molecule has 4 nitrogen and oxygen atoms in total. The molecule has 4 heteroatoms. The predicted molar refractivity (Wildman–Crippen MR) is 83.9 cm³/mol. The van der Waals surface area contributed by atoms with E-state index in [-0.39, 0.29) is 17.7 Å². The van der Waals surface area contributed by atoms with Gasteiger partial charge in [0.15, 0.2) is 5.43 Å². The van der Waals surface area contributed by atoms with Crippen molar-refractivity contribution in [3.05, 3.63) is 45.2 Å². The van der Waals surface area contributed by atoms with Crippen LogP contribution in [0.25, 0.3) is 10.9 Å². The molecule has 0 amide bonds. The third kappa shape index (κ3) is 3.15. The smallest absolute Gasteiger partial charge is 0.355 e. The molecule has 1 heterocycles. The summed E-state index contributed by atoms with van der Waals surface area (Å²) in [6.45, 7) is 5.83. The Balaban J connectivity index is 2.52. The lowest BCUT2D eigenvalue weighted by Gasteiger charge is -2.09. The number of nitrogens with one attached hydrogen (secondary N) is 1. The number of rotatable bonds is 5. The fourth-order valence-corrected chi connectivity index (χ4v) is 2.38. The summed E-state index contributed by atoms with van der Waals surface area (Å²) in [6.07, 6.45) is 3.18. The summed E-state index contributed by atoms with van der Waals surface area (Å²) in [7, 11) is 0. The first-order valence-corrected chi connectivity index (χ1v) is 7.41. The molecule has 0 aliphatic rings. The predicted octanol–water partition coefficient (Wildman–Crippen LogP) is 3.36. The van der Waals surface area contributed by atoms with Gasteiger partial charge in [0.1, 0.15) is 5.69 Å². The fourth-order valence-electron chi connectivity index (χ4n) is 2.38. The lowest BCUT2D eigenvalue weighted by atomic mass is 10.0. The molecule has 0 atom stereocenters. The van der Waals surface area contributed by atoms with E-state index >= 15 is 0 Å². The van der Waals surface area contributed by atoms with E-state index in [1.165, 1.54) is 0 Å². The zero-order valence-electron chi connectivity index (χ0n) is 12.8. The van der Waals surface area contributed by atoms with Crippen LogP contribution in [-0.4, -0.2) is 17.6 Å². The molecule has 21 heavy (non-hydrogen) atoms. The molecular formula is C17H21NO3. The van der Waals surface area contributed by atoms with Crippen molar-refractivity contribution in [2.24, 2.45) is 0 Å². The van der Waals surface area contributed by atoms with Gasteiger partial charge in [0.25, 0.3) is 0 Å².